The average Bonchev–Trinajstić information content (AvgIpc) is 3.14. The maximum absolute atomic E-state index is 12.7. The Morgan fingerprint density at radius 2 is 1.81 bits per heavy atom. The highest BCUT2D eigenvalue weighted by molar-refractivity contribution is 7.89. The molecule has 0 saturated carbocycles. The first-order chi connectivity index (χ1) is 10.2. The summed E-state index contributed by atoms with van der Waals surface area (Å²) >= 11 is 1.61. The standard InChI is InChI=1S/C16H13NO2S2/c18-21(19,17-11-15(17)16-6-3-9-20-16)14-8-7-12-4-1-2-5-13(12)10-14/h1-10,15H,11H2. The third kappa shape index (κ3) is 2.18. The van der Waals surface area contributed by atoms with Gasteiger partial charge in [-0.1, -0.05) is 36.4 Å². The number of fused-ring (bicyclic) bond motifs is 1. The van der Waals surface area contributed by atoms with Gasteiger partial charge in [-0.2, -0.15) is 4.31 Å². The molecule has 2 atom stereocenters. The molecule has 1 fully saturated rings. The number of hydrogen-bond acceptors (Lipinski definition) is 3. The lowest BCUT2D eigenvalue weighted by atomic mass is 10.1. The number of hydrogen-bond donors (Lipinski definition) is 0. The summed E-state index contributed by atoms with van der Waals surface area (Å²) in [5.74, 6) is 0. The Balaban J connectivity index is 1.71. The Labute approximate surface area is 127 Å². The number of sulfonamides is 1. The van der Waals surface area contributed by atoms with Gasteiger partial charge in [0, 0.05) is 11.4 Å². The maximum Gasteiger partial charge on any atom is 0.243 e. The summed E-state index contributed by atoms with van der Waals surface area (Å²) < 4.78 is 26.9. The van der Waals surface area contributed by atoms with Crippen LogP contribution in [0, 0.1) is 0 Å². The van der Waals surface area contributed by atoms with Gasteiger partial charge in [-0.3, -0.25) is 0 Å². The predicted octanol–water partition coefficient (Wildman–Crippen LogP) is 3.65. The summed E-state index contributed by atoms with van der Waals surface area (Å²) in [5.41, 5.74) is 0. The van der Waals surface area contributed by atoms with Crippen molar-refractivity contribution in [2.75, 3.05) is 6.54 Å². The molecule has 3 aromatic rings. The van der Waals surface area contributed by atoms with Crippen LogP contribution in [0.4, 0.5) is 0 Å². The van der Waals surface area contributed by atoms with Gasteiger partial charge < -0.3 is 0 Å². The minimum atomic E-state index is -3.39. The summed E-state index contributed by atoms with van der Waals surface area (Å²) in [6.07, 6.45) is 0. The Hall–Kier alpha value is -1.69. The molecule has 106 valence electrons. The van der Waals surface area contributed by atoms with Crippen molar-refractivity contribution in [2.45, 2.75) is 10.9 Å². The van der Waals surface area contributed by atoms with E-state index in [1.165, 1.54) is 0 Å². The van der Waals surface area contributed by atoms with Crippen LogP contribution in [0.2, 0.25) is 0 Å². The first-order valence-corrected chi connectivity index (χ1v) is 9.02. The molecule has 3 nitrogen and oxygen atoms in total. The first-order valence-electron chi connectivity index (χ1n) is 6.70. The highest BCUT2D eigenvalue weighted by Gasteiger charge is 2.46. The number of benzene rings is 2. The third-order valence-corrected chi connectivity index (χ3v) is 6.61. The monoisotopic (exact) mass is 315 g/mol. The Morgan fingerprint density at radius 1 is 1.00 bits per heavy atom. The van der Waals surface area contributed by atoms with Crippen LogP contribution >= 0.6 is 11.3 Å². The van der Waals surface area contributed by atoms with Crippen molar-refractivity contribution in [1.82, 2.24) is 4.31 Å². The fraction of sp³-hybridized carbons (Fsp3) is 0.125. The van der Waals surface area contributed by atoms with Gasteiger partial charge in [0.1, 0.15) is 0 Å². The zero-order chi connectivity index (χ0) is 14.4. The molecule has 21 heavy (non-hydrogen) atoms. The predicted molar refractivity (Wildman–Crippen MR) is 84.9 cm³/mol. The van der Waals surface area contributed by atoms with Crippen LogP contribution in [0.1, 0.15) is 10.9 Å². The van der Waals surface area contributed by atoms with E-state index in [4.69, 9.17) is 0 Å². The van der Waals surface area contributed by atoms with E-state index in [9.17, 15) is 8.42 Å². The lowest BCUT2D eigenvalue weighted by Crippen LogP contribution is -2.12. The number of rotatable bonds is 3. The van der Waals surface area contributed by atoms with E-state index < -0.39 is 10.0 Å². The molecule has 2 aromatic carbocycles. The van der Waals surface area contributed by atoms with E-state index in [0.29, 0.717) is 11.4 Å². The minimum Gasteiger partial charge on any atom is -0.207 e. The molecule has 5 heteroatoms. The molecule has 0 radical (unpaired) electrons. The Bertz CT molecular complexity index is 901. The molecule has 1 aliphatic heterocycles. The van der Waals surface area contributed by atoms with E-state index in [1.807, 2.05) is 47.8 Å². The van der Waals surface area contributed by atoms with E-state index in [1.54, 1.807) is 27.8 Å². The topological polar surface area (TPSA) is 37.1 Å². The fourth-order valence-corrected chi connectivity index (χ4v) is 5.03. The second kappa shape index (κ2) is 4.66. The lowest BCUT2D eigenvalue weighted by molar-refractivity contribution is 0.555. The lowest BCUT2D eigenvalue weighted by Gasteiger charge is -2.07. The van der Waals surface area contributed by atoms with Crippen LogP contribution in [0.5, 0.6) is 0 Å². The van der Waals surface area contributed by atoms with E-state index >= 15 is 0 Å². The van der Waals surface area contributed by atoms with Gasteiger partial charge in [-0.25, -0.2) is 8.42 Å². The summed E-state index contributed by atoms with van der Waals surface area (Å²) in [4.78, 5) is 1.49. The third-order valence-electron chi connectivity index (χ3n) is 3.77. The van der Waals surface area contributed by atoms with Gasteiger partial charge in [0.25, 0.3) is 0 Å². The highest BCUT2D eigenvalue weighted by Crippen LogP contribution is 2.42. The van der Waals surface area contributed by atoms with Crippen LogP contribution < -0.4 is 0 Å². The quantitative estimate of drug-likeness (QED) is 0.692. The fourth-order valence-electron chi connectivity index (χ4n) is 2.56. The van der Waals surface area contributed by atoms with E-state index in [2.05, 4.69) is 0 Å². The Morgan fingerprint density at radius 3 is 2.57 bits per heavy atom. The molecular weight excluding hydrogens is 302 g/mol. The summed E-state index contributed by atoms with van der Waals surface area (Å²) in [6, 6.07) is 17.1. The molecule has 2 heterocycles. The second-order valence-electron chi connectivity index (χ2n) is 5.11. The van der Waals surface area contributed by atoms with Gasteiger partial charge >= 0.3 is 0 Å². The average molecular weight is 315 g/mol. The zero-order valence-electron chi connectivity index (χ0n) is 11.1. The summed E-state index contributed by atoms with van der Waals surface area (Å²) in [7, 11) is -3.39. The van der Waals surface area contributed by atoms with Crippen molar-refractivity contribution in [3.05, 3.63) is 64.9 Å². The maximum atomic E-state index is 12.7. The van der Waals surface area contributed by atoms with Crippen molar-refractivity contribution in [2.24, 2.45) is 0 Å². The normalized spacial score (nSPS) is 21.5. The van der Waals surface area contributed by atoms with Crippen LogP contribution in [0.15, 0.2) is 64.9 Å². The van der Waals surface area contributed by atoms with Crippen LogP contribution in [-0.4, -0.2) is 19.3 Å². The van der Waals surface area contributed by atoms with Crippen molar-refractivity contribution >= 4 is 32.1 Å². The number of thiophene rings is 1. The van der Waals surface area contributed by atoms with Crippen LogP contribution in [-0.2, 0) is 10.0 Å². The minimum absolute atomic E-state index is 0.0153. The molecule has 4 rings (SSSR count). The molecule has 2 unspecified atom stereocenters. The molecular formula is C16H13NO2S2. The van der Waals surface area contributed by atoms with Crippen molar-refractivity contribution in [3.63, 3.8) is 0 Å². The largest absolute Gasteiger partial charge is 0.243 e. The van der Waals surface area contributed by atoms with Gasteiger partial charge in [-0.05, 0) is 34.4 Å². The Kier molecular flexibility index (Phi) is 2.89. The van der Waals surface area contributed by atoms with Gasteiger partial charge in [0.05, 0.1) is 10.9 Å². The summed E-state index contributed by atoms with van der Waals surface area (Å²) in [5, 5.41) is 3.99. The molecule has 1 saturated heterocycles. The number of nitrogens with zero attached hydrogens (tertiary/aromatic N) is 1. The zero-order valence-corrected chi connectivity index (χ0v) is 12.8. The molecule has 0 spiro atoms. The van der Waals surface area contributed by atoms with Crippen molar-refractivity contribution in [3.8, 4) is 0 Å². The second-order valence-corrected chi connectivity index (χ2v) is 7.98. The van der Waals surface area contributed by atoms with Crippen molar-refractivity contribution in [1.29, 1.82) is 0 Å². The van der Waals surface area contributed by atoms with Crippen LogP contribution in [0.25, 0.3) is 10.8 Å². The molecule has 1 aliphatic rings. The molecule has 0 bridgehead atoms. The van der Waals surface area contributed by atoms with Gasteiger partial charge in [0.15, 0.2) is 0 Å². The van der Waals surface area contributed by atoms with E-state index in [0.717, 1.165) is 15.6 Å². The first kappa shape index (κ1) is 13.0. The highest BCUT2D eigenvalue weighted by atomic mass is 32.2. The van der Waals surface area contributed by atoms with Crippen LogP contribution in [0.3, 0.4) is 0 Å². The van der Waals surface area contributed by atoms with Gasteiger partial charge in [0.2, 0.25) is 10.0 Å². The SMILES string of the molecule is O=S(=O)(c1ccc2ccccc2c1)N1CC1c1cccs1. The van der Waals surface area contributed by atoms with Crippen molar-refractivity contribution < 1.29 is 8.42 Å². The smallest absolute Gasteiger partial charge is 0.207 e. The summed E-state index contributed by atoms with van der Waals surface area (Å²) in [6.45, 7) is 0.579. The molecule has 0 N–H and O–H groups in total. The molecule has 0 aliphatic carbocycles. The molecule has 1 aromatic heterocycles. The molecule has 0 amide bonds. The van der Waals surface area contributed by atoms with Gasteiger partial charge in [-0.15, -0.1) is 11.3 Å². The van der Waals surface area contributed by atoms with E-state index in [-0.39, 0.29) is 6.04 Å².